The van der Waals surface area contributed by atoms with Gasteiger partial charge in [-0.15, -0.1) is 0 Å². The van der Waals surface area contributed by atoms with Gasteiger partial charge in [0.05, 0.1) is 0 Å². The molecule has 1 aliphatic rings. The highest BCUT2D eigenvalue weighted by molar-refractivity contribution is 5.93. The molecule has 0 radical (unpaired) electrons. The Balaban J connectivity index is 0.000000989. The van der Waals surface area contributed by atoms with Crippen molar-refractivity contribution in [3.8, 4) is 5.75 Å². The Labute approximate surface area is 175 Å². The number of allylic oxidation sites excluding steroid dienone is 5. The fraction of sp³-hybridized carbons (Fsp3) is 0.478. The fourth-order valence-corrected chi connectivity index (χ4v) is 2.94. The number of likely N-dealkylation sites (tertiary alicyclic amines) is 1. The number of pyridine rings is 1. The Hall–Kier alpha value is -2.60. The van der Waals surface area contributed by atoms with Gasteiger partial charge in [0.2, 0.25) is 0 Å². The van der Waals surface area contributed by atoms with Crippen LogP contribution in [0.2, 0.25) is 0 Å². The third-order valence-corrected chi connectivity index (χ3v) is 4.23. The lowest BCUT2D eigenvalue weighted by Crippen LogP contribution is -2.23. The van der Waals surface area contributed by atoms with Crippen LogP contribution in [0.5, 0.6) is 5.75 Å². The number of aromatic amines is 1. The van der Waals surface area contributed by atoms with Crippen LogP contribution in [-0.2, 0) is 0 Å². The molecule has 0 saturated carbocycles. The first-order chi connectivity index (χ1) is 14.2. The number of fused-ring (bicyclic) bond motifs is 1. The summed E-state index contributed by atoms with van der Waals surface area (Å²) in [6.45, 7) is 14.0. The van der Waals surface area contributed by atoms with Crippen LogP contribution in [0, 0.1) is 0 Å². The number of nitrogens with one attached hydrogen (secondary N) is 2. The van der Waals surface area contributed by atoms with E-state index in [1.165, 1.54) is 0 Å². The van der Waals surface area contributed by atoms with E-state index in [1.54, 1.807) is 6.20 Å². The molecule has 0 spiro atoms. The molecule has 1 fully saturated rings. The fourth-order valence-electron chi connectivity index (χ4n) is 2.94. The summed E-state index contributed by atoms with van der Waals surface area (Å²) in [5.74, 6) is 2.32. The Morgan fingerprint density at radius 1 is 1.24 bits per heavy atom. The molecule has 0 amide bonds. The molecular formula is C23H37N5O. The van der Waals surface area contributed by atoms with Crippen molar-refractivity contribution in [2.45, 2.75) is 54.0 Å². The number of rotatable bonds is 6. The zero-order valence-corrected chi connectivity index (χ0v) is 19.0. The first-order valence-electron chi connectivity index (χ1n) is 10.6. The van der Waals surface area contributed by atoms with Crippen molar-refractivity contribution in [3.63, 3.8) is 0 Å². The van der Waals surface area contributed by atoms with Crippen molar-refractivity contribution in [2.75, 3.05) is 25.5 Å². The van der Waals surface area contributed by atoms with Crippen molar-refractivity contribution in [2.24, 2.45) is 0 Å². The van der Waals surface area contributed by atoms with Gasteiger partial charge in [-0.1, -0.05) is 45.9 Å². The van der Waals surface area contributed by atoms with Crippen molar-refractivity contribution in [1.29, 1.82) is 0 Å². The number of likely N-dealkylation sites (N-methyl/N-ethyl adjacent to an activating group) is 1. The van der Waals surface area contributed by atoms with Gasteiger partial charge in [-0.3, -0.25) is 5.10 Å². The van der Waals surface area contributed by atoms with Crippen LogP contribution in [0.4, 0.5) is 5.82 Å². The summed E-state index contributed by atoms with van der Waals surface area (Å²) < 4.78 is 6.10. The largest absolute Gasteiger partial charge is 0.457 e. The Bertz CT molecular complexity index is 807. The van der Waals surface area contributed by atoms with Gasteiger partial charge in [0, 0.05) is 24.8 Å². The van der Waals surface area contributed by atoms with Gasteiger partial charge in [0.1, 0.15) is 16.9 Å². The summed E-state index contributed by atoms with van der Waals surface area (Å²) in [5.41, 5.74) is 0.722. The van der Waals surface area contributed by atoms with Crippen molar-refractivity contribution >= 4 is 16.9 Å². The molecule has 3 heterocycles. The number of hydrogen-bond donors (Lipinski definition) is 2. The van der Waals surface area contributed by atoms with Gasteiger partial charge < -0.3 is 15.0 Å². The molecular weight excluding hydrogens is 362 g/mol. The maximum atomic E-state index is 6.10. The van der Waals surface area contributed by atoms with Crippen molar-refractivity contribution in [1.82, 2.24) is 20.1 Å². The number of hydrogen-bond acceptors (Lipinski definition) is 5. The first kappa shape index (κ1) is 24.4. The standard InChI is InChI=1S/C19H25N5O.2C2H6/c1-4-6-7-8-15(5-2)25-16-9-11-20-18-17(16)19(23-22-18)21-14-10-12-24(3)13-14;2*1-2/h4-9,11,14H,10,12-13H2,1-3H3,(H2,20,21,22,23);2*1-2H3/b6-4-,8-7-,15-5+;;. The number of nitrogens with zero attached hydrogens (tertiary/aromatic N) is 3. The number of aromatic nitrogens is 3. The van der Waals surface area contributed by atoms with Gasteiger partial charge in [0.15, 0.2) is 11.5 Å². The summed E-state index contributed by atoms with van der Waals surface area (Å²) in [7, 11) is 2.13. The average molecular weight is 400 g/mol. The second kappa shape index (κ2) is 13.6. The Morgan fingerprint density at radius 2 is 2.00 bits per heavy atom. The molecule has 1 saturated heterocycles. The van der Waals surface area contributed by atoms with Gasteiger partial charge in [-0.25, -0.2) is 4.98 Å². The predicted molar refractivity (Wildman–Crippen MR) is 124 cm³/mol. The van der Waals surface area contributed by atoms with Crippen LogP contribution >= 0.6 is 0 Å². The lowest BCUT2D eigenvalue weighted by molar-refractivity contribution is 0.414. The lowest BCUT2D eigenvalue weighted by atomic mass is 10.2. The third kappa shape index (κ3) is 7.06. The summed E-state index contributed by atoms with van der Waals surface area (Å²) in [6, 6.07) is 2.26. The van der Waals surface area contributed by atoms with E-state index >= 15 is 0 Å². The minimum absolute atomic E-state index is 0.389. The molecule has 1 atom stereocenters. The predicted octanol–water partition coefficient (Wildman–Crippen LogP) is 5.54. The molecule has 3 rings (SSSR count). The molecule has 1 aliphatic heterocycles. The van der Waals surface area contributed by atoms with Crippen LogP contribution in [0.15, 0.2) is 48.4 Å². The van der Waals surface area contributed by atoms with Gasteiger partial charge in [-0.2, -0.15) is 5.10 Å². The molecule has 2 aromatic heterocycles. The second-order valence-electron chi connectivity index (χ2n) is 6.18. The highest BCUT2D eigenvalue weighted by atomic mass is 16.5. The molecule has 0 bridgehead atoms. The smallest absolute Gasteiger partial charge is 0.161 e. The molecule has 29 heavy (non-hydrogen) atoms. The first-order valence-corrected chi connectivity index (χ1v) is 10.6. The van der Waals surface area contributed by atoms with Gasteiger partial charge in [0.25, 0.3) is 0 Å². The molecule has 6 heteroatoms. The highest BCUT2D eigenvalue weighted by Crippen LogP contribution is 2.31. The average Bonchev–Trinajstić information content (AvgIpc) is 3.37. The Morgan fingerprint density at radius 3 is 2.62 bits per heavy atom. The van der Waals surface area contributed by atoms with Crippen LogP contribution in [-0.4, -0.2) is 46.3 Å². The SMILES string of the molecule is CC.CC.C\C=C/C=C\C(=C/C)Oc1ccnc2[nH]nc(NC3CCN(C)C3)c12. The molecule has 0 aromatic carbocycles. The summed E-state index contributed by atoms with van der Waals surface area (Å²) in [5, 5.41) is 11.8. The number of anilines is 1. The Kier molecular flexibility index (Phi) is 11.4. The van der Waals surface area contributed by atoms with Crippen LogP contribution < -0.4 is 10.1 Å². The van der Waals surface area contributed by atoms with Gasteiger partial charge in [-0.05, 0) is 46.0 Å². The van der Waals surface area contributed by atoms with Crippen LogP contribution in [0.3, 0.4) is 0 Å². The quantitative estimate of drug-likeness (QED) is 0.493. The molecule has 2 N–H and O–H groups in total. The zero-order chi connectivity index (χ0) is 21.6. The number of H-pyrrole nitrogens is 1. The molecule has 1 unspecified atom stereocenters. The van der Waals surface area contributed by atoms with E-state index in [4.69, 9.17) is 4.74 Å². The summed E-state index contributed by atoms with van der Waals surface area (Å²) >= 11 is 0. The second-order valence-corrected chi connectivity index (χ2v) is 6.18. The zero-order valence-electron chi connectivity index (χ0n) is 19.0. The lowest BCUT2D eigenvalue weighted by Gasteiger charge is -2.13. The third-order valence-electron chi connectivity index (χ3n) is 4.23. The maximum Gasteiger partial charge on any atom is 0.161 e. The van der Waals surface area contributed by atoms with E-state index in [1.807, 2.05) is 78.0 Å². The van der Waals surface area contributed by atoms with E-state index in [-0.39, 0.29) is 0 Å². The minimum Gasteiger partial charge on any atom is -0.457 e. The summed E-state index contributed by atoms with van der Waals surface area (Å²) in [4.78, 5) is 6.68. The van der Waals surface area contributed by atoms with E-state index in [2.05, 4.69) is 32.4 Å². The normalized spacial score (nSPS) is 17.2. The number of ether oxygens (including phenoxy) is 1. The van der Waals surface area contributed by atoms with Crippen molar-refractivity contribution in [3.05, 3.63) is 48.4 Å². The molecule has 160 valence electrons. The molecule has 2 aromatic rings. The minimum atomic E-state index is 0.389. The monoisotopic (exact) mass is 399 g/mol. The molecule has 0 aliphatic carbocycles. The summed E-state index contributed by atoms with van der Waals surface area (Å²) in [6.07, 6.45) is 12.6. The van der Waals surface area contributed by atoms with Gasteiger partial charge >= 0.3 is 0 Å². The topological polar surface area (TPSA) is 66.1 Å². The van der Waals surface area contributed by atoms with Crippen LogP contribution in [0.25, 0.3) is 11.0 Å². The maximum absolute atomic E-state index is 6.10. The van der Waals surface area contributed by atoms with Crippen molar-refractivity contribution < 1.29 is 4.74 Å². The van der Waals surface area contributed by atoms with E-state index < -0.39 is 0 Å². The van der Waals surface area contributed by atoms with Crippen LogP contribution in [0.1, 0.15) is 48.0 Å². The highest BCUT2D eigenvalue weighted by Gasteiger charge is 2.22. The van der Waals surface area contributed by atoms with E-state index in [9.17, 15) is 0 Å². The van der Waals surface area contributed by atoms with E-state index in [0.29, 0.717) is 6.04 Å². The molecule has 6 nitrogen and oxygen atoms in total. The van der Waals surface area contributed by atoms with E-state index in [0.717, 1.165) is 47.9 Å².